The summed E-state index contributed by atoms with van der Waals surface area (Å²) in [5, 5.41) is 9.30. The Kier molecular flexibility index (Phi) is 3.13. The van der Waals surface area contributed by atoms with Crippen LogP contribution in [0.5, 0.6) is 5.75 Å². The summed E-state index contributed by atoms with van der Waals surface area (Å²) < 4.78 is 0. The summed E-state index contributed by atoms with van der Waals surface area (Å²) in [6.45, 7) is 0. The molecule has 1 saturated carbocycles. The van der Waals surface area contributed by atoms with E-state index in [1.165, 1.54) is 12.5 Å². The van der Waals surface area contributed by atoms with Gasteiger partial charge in [0.15, 0.2) is 5.78 Å². The van der Waals surface area contributed by atoms with Crippen LogP contribution in [0.4, 0.5) is 5.69 Å². The molecule has 0 bridgehead atoms. The maximum Gasteiger partial charge on any atom is 0.166 e. The largest absolute Gasteiger partial charge is 0.506 e. The Hall–Kier alpha value is -1.51. The standard InChI is InChI=1S/C13H17NO2/c14-11-8-10(6-7-12(11)15)13(16)9-4-2-1-3-5-9/h6-9,15H,1-5,14H2. The molecule has 1 aromatic rings. The number of anilines is 1. The normalized spacial score (nSPS) is 17.2. The molecular formula is C13H17NO2. The Morgan fingerprint density at radius 2 is 1.94 bits per heavy atom. The third-order valence-electron chi connectivity index (χ3n) is 3.29. The number of carbonyl (C=O) groups is 1. The van der Waals surface area contributed by atoms with Crippen LogP contribution in [0.2, 0.25) is 0 Å². The van der Waals surface area contributed by atoms with Gasteiger partial charge in [0.2, 0.25) is 0 Å². The van der Waals surface area contributed by atoms with Crippen molar-refractivity contribution < 1.29 is 9.90 Å². The average molecular weight is 219 g/mol. The summed E-state index contributed by atoms with van der Waals surface area (Å²) in [4.78, 5) is 12.1. The van der Waals surface area contributed by atoms with Gasteiger partial charge in [0.1, 0.15) is 5.75 Å². The van der Waals surface area contributed by atoms with Crippen molar-refractivity contribution in [3.8, 4) is 5.75 Å². The van der Waals surface area contributed by atoms with Gasteiger partial charge in [-0.25, -0.2) is 0 Å². The molecule has 0 amide bonds. The summed E-state index contributed by atoms with van der Waals surface area (Å²) in [6.07, 6.45) is 5.49. The number of benzene rings is 1. The van der Waals surface area contributed by atoms with E-state index < -0.39 is 0 Å². The van der Waals surface area contributed by atoms with Gasteiger partial charge in [0.25, 0.3) is 0 Å². The smallest absolute Gasteiger partial charge is 0.166 e. The van der Waals surface area contributed by atoms with Crippen LogP contribution in [-0.2, 0) is 0 Å². The highest BCUT2D eigenvalue weighted by Gasteiger charge is 2.22. The average Bonchev–Trinajstić information content (AvgIpc) is 2.33. The Morgan fingerprint density at radius 1 is 1.25 bits per heavy atom. The molecule has 1 aromatic carbocycles. The van der Waals surface area contributed by atoms with Gasteiger partial charge in [0.05, 0.1) is 5.69 Å². The number of nitrogens with two attached hydrogens (primary N) is 1. The predicted octanol–water partition coefficient (Wildman–Crippen LogP) is 2.74. The van der Waals surface area contributed by atoms with E-state index in [1.54, 1.807) is 12.1 Å². The second-order valence-corrected chi connectivity index (χ2v) is 4.47. The molecule has 0 aromatic heterocycles. The van der Waals surface area contributed by atoms with Crippen LogP contribution < -0.4 is 5.73 Å². The minimum atomic E-state index is 0.0418. The second kappa shape index (κ2) is 4.56. The zero-order valence-corrected chi connectivity index (χ0v) is 9.28. The van der Waals surface area contributed by atoms with Crippen molar-refractivity contribution in [3.05, 3.63) is 23.8 Å². The minimum absolute atomic E-state index is 0.0418. The van der Waals surface area contributed by atoms with E-state index in [0.29, 0.717) is 5.56 Å². The molecule has 16 heavy (non-hydrogen) atoms. The number of rotatable bonds is 2. The number of aromatic hydroxyl groups is 1. The molecule has 0 spiro atoms. The lowest BCUT2D eigenvalue weighted by Crippen LogP contribution is -2.17. The maximum atomic E-state index is 12.1. The lowest BCUT2D eigenvalue weighted by molar-refractivity contribution is 0.0889. The molecule has 1 fully saturated rings. The van der Waals surface area contributed by atoms with Crippen LogP contribution in [0.1, 0.15) is 42.5 Å². The van der Waals surface area contributed by atoms with Gasteiger partial charge < -0.3 is 10.8 Å². The van der Waals surface area contributed by atoms with Crippen LogP contribution in [0.3, 0.4) is 0 Å². The number of hydrogen-bond donors (Lipinski definition) is 2. The molecule has 0 atom stereocenters. The van der Waals surface area contributed by atoms with Gasteiger partial charge in [-0.3, -0.25) is 4.79 Å². The second-order valence-electron chi connectivity index (χ2n) is 4.47. The van der Waals surface area contributed by atoms with Gasteiger partial charge in [-0.05, 0) is 31.0 Å². The zero-order valence-electron chi connectivity index (χ0n) is 9.28. The van der Waals surface area contributed by atoms with Gasteiger partial charge in [-0.1, -0.05) is 19.3 Å². The molecule has 86 valence electrons. The van der Waals surface area contributed by atoms with Crippen molar-refractivity contribution in [2.24, 2.45) is 5.92 Å². The highest BCUT2D eigenvalue weighted by Crippen LogP contribution is 2.29. The maximum absolute atomic E-state index is 12.1. The van der Waals surface area contributed by atoms with E-state index in [2.05, 4.69) is 0 Å². The molecule has 1 aliphatic rings. The number of Topliss-reactive ketones (excluding diaryl/α,β-unsaturated/α-hetero) is 1. The zero-order chi connectivity index (χ0) is 11.5. The SMILES string of the molecule is Nc1cc(C(=O)C2CCCCC2)ccc1O. The highest BCUT2D eigenvalue weighted by atomic mass is 16.3. The van der Waals surface area contributed by atoms with Crippen molar-refractivity contribution in [1.29, 1.82) is 0 Å². The molecular weight excluding hydrogens is 202 g/mol. The molecule has 0 unspecified atom stereocenters. The van der Waals surface area contributed by atoms with Gasteiger partial charge >= 0.3 is 0 Å². The predicted molar refractivity (Wildman–Crippen MR) is 63.4 cm³/mol. The van der Waals surface area contributed by atoms with Gasteiger partial charge in [0, 0.05) is 11.5 Å². The molecule has 3 nitrogen and oxygen atoms in total. The Morgan fingerprint density at radius 3 is 2.56 bits per heavy atom. The van der Waals surface area contributed by atoms with E-state index in [0.717, 1.165) is 25.7 Å². The summed E-state index contributed by atoms with van der Waals surface area (Å²) in [5.74, 6) is 0.365. The first-order valence-corrected chi connectivity index (χ1v) is 5.81. The number of carbonyl (C=O) groups excluding carboxylic acids is 1. The topological polar surface area (TPSA) is 63.3 Å². The summed E-state index contributed by atoms with van der Waals surface area (Å²) in [6, 6.07) is 4.72. The number of hydrogen-bond acceptors (Lipinski definition) is 3. The number of nitrogen functional groups attached to an aromatic ring is 1. The monoisotopic (exact) mass is 219 g/mol. The van der Waals surface area contributed by atoms with Crippen molar-refractivity contribution in [1.82, 2.24) is 0 Å². The summed E-state index contributed by atoms with van der Waals surface area (Å²) in [7, 11) is 0. The van der Waals surface area contributed by atoms with E-state index in [4.69, 9.17) is 5.73 Å². The third-order valence-corrected chi connectivity index (χ3v) is 3.29. The lowest BCUT2D eigenvalue weighted by Gasteiger charge is -2.20. The minimum Gasteiger partial charge on any atom is -0.506 e. The quantitative estimate of drug-likeness (QED) is 0.456. The Balaban J connectivity index is 2.16. The number of phenolic OH excluding ortho intramolecular Hbond substituents is 1. The molecule has 3 N–H and O–H groups in total. The first-order chi connectivity index (χ1) is 7.68. The van der Waals surface area contributed by atoms with E-state index in [9.17, 15) is 9.90 Å². The number of phenols is 1. The third kappa shape index (κ3) is 2.18. The number of ketones is 1. The first-order valence-electron chi connectivity index (χ1n) is 5.81. The van der Waals surface area contributed by atoms with Crippen molar-refractivity contribution in [2.45, 2.75) is 32.1 Å². The Labute approximate surface area is 95.3 Å². The van der Waals surface area contributed by atoms with Crippen molar-refractivity contribution >= 4 is 11.5 Å². The lowest BCUT2D eigenvalue weighted by atomic mass is 9.84. The van der Waals surface area contributed by atoms with Crippen LogP contribution in [0.15, 0.2) is 18.2 Å². The molecule has 2 rings (SSSR count). The molecule has 0 radical (unpaired) electrons. The fourth-order valence-corrected chi connectivity index (χ4v) is 2.31. The fraction of sp³-hybridized carbons (Fsp3) is 0.462. The van der Waals surface area contributed by atoms with E-state index in [1.807, 2.05) is 0 Å². The molecule has 3 heteroatoms. The highest BCUT2D eigenvalue weighted by molar-refractivity contribution is 5.98. The first kappa shape index (κ1) is 11.0. The Bertz CT molecular complexity index is 395. The van der Waals surface area contributed by atoms with Gasteiger partial charge in [-0.15, -0.1) is 0 Å². The van der Waals surface area contributed by atoms with Crippen LogP contribution in [-0.4, -0.2) is 10.9 Å². The van der Waals surface area contributed by atoms with Crippen LogP contribution in [0, 0.1) is 5.92 Å². The van der Waals surface area contributed by atoms with Crippen molar-refractivity contribution in [3.63, 3.8) is 0 Å². The van der Waals surface area contributed by atoms with Crippen LogP contribution in [0.25, 0.3) is 0 Å². The summed E-state index contributed by atoms with van der Waals surface area (Å²) in [5.41, 5.74) is 6.49. The van der Waals surface area contributed by atoms with E-state index in [-0.39, 0.29) is 23.1 Å². The molecule has 0 aliphatic heterocycles. The van der Waals surface area contributed by atoms with Gasteiger partial charge in [-0.2, -0.15) is 0 Å². The summed E-state index contributed by atoms with van der Waals surface area (Å²) >= 11 is 0. The van der Waals surface area contributed by atoms with Crippen LogP contribution >= 0.6 is 0 Å². The molecule has 0 heterocycles. The van der Waals surface area contributed by atoms with Crippen molar-refractivity contribution in [2.75, 3.05) is 5.73 Å². The van der Waals surface area contributed by atoms with E-state index >= 15 is 0 Å². The molecule has 0 saturated heterocycles. The fourth-order valence-electron chi connectivity index (χ4n) is 2.31. The molecule has 1 aliphatic carbocycles.